The van der Waals surface area contributed by atoms with Crippen LogP contribution in [0.3, 0.4) is 0 Å². The van der Waals surface area contributed by atoms with Gasteiger partial charge in [0.05, 0.1) is 42.1 Å². The van der Waals surface area contributed by atoms with E-state index in [4.69, 9.17) is 9.47 Å². The molecule has 0 atom stereocenters. The predicted octanol–water partition coefficient (Wildman–Crippen LogP) is 2.62. The number of hydrogen-bond donors (Lipinski definition) is 2. The van der Waals surface area contributed by atoms with Gasteiger partial charge in [0, 0.05) is 5.39 Å². The highest BCUT2D eigenvalue weighted by molar-refractivity contribution is 7.92. The number of aryl methyl sites for hydroxylation is 1. The number of benzene rings is 2. The Morgan fingerprint density at radius 2 is 1.55 bits per heavy atom. The van der Waals surface area contributed by atoms with Crippen molar-refractivity contribution in [2.24, 2.45) is 0 Å². The average molecular weight is 475 g/mol. The molecule has 0 aliphatic carbocycles. The zero-order valence-electron chi connectivity index (χ0n) is 18.8. The third kappa shape index (κ3) is 4.44. The van der Waals surface area contributed by atoms with E-state index in [9.17, 15) is 23.1 Å². The van der Waals surface area contributed by atoms with E-state index in [2.05, 4.69) is 4.72 Å². The topological polar surface area (TPSA) is 124 Å². The fourth-order valence-electron chi connectivity index (χ4n) is 3.79. The Labute approximate surface area is 192 Å². The van der Waals surface area contributed by atoms with Crippen LogP contribution in [0.1, 0.15) is 25.1 Å². The van der Waals surface area contributed by atoms with Crippen molar-refractivity contribution in [3.8, 4) is 5.69 Å². The summed E-state index contributed by atoms with van der Waals surface area (Å²) in [5, 5.41) is 12.3. The van der Waals surface area contributed by atoms with Crippen molar-refractivity contribution in [2.45, 2.75) is 26.4 Å². The molecule has 0 spiro atoms. The second kappa shape index (κ2) is 9.24. The van der Waals surface area contributed by atoms with Crippen LogP contribution < -0.4 is 4.72 Å². The Balaban J connectivity index is 2.47. The molecule has 1 heterocycles. The maximum Gasteiger partial charge on any atom is 0.356 e. The summed E-state index contributed by atoms with van der Waals surface area (Å²) in [6, 6.07) is 13.5. The van der Waals surface area contributed by atoms with E-state index >= 15 is 0 Å². The Morgan fingerprint density at radius 3 is 2.12 bits per heavy atom. The number of anilines is 1. The van der Waals surface area contributed by atoms with Gasteiger partial charge in [-0.25, -0.2) is 18.0 Å². The van der Waals surface area contributed by atoms with Crippen LogP contribution in [0.25, 0.3) is 16.6 Å². The molecular formula is C23H26N2O7S. The number of hydrogen-bond acceptors (Lipinski definition) is 7. The summed E-state index contributed by atoms with van der Waals surface area (Å²) in [5.74, 6) is -2.38. The normalized spacial score (nSPS) is 11.9. The summed E-state index contributed by atoms with van der Waals surface area (Å²) in [6.07, 6.45) is 1.01. The second-order valence-electron chi connectivity index (χ2n) is 7.37. The molecule has 0 radical (unpaired) electrons. The number of carbonyl (C=O) groups is 2. The Kier molecular flexibility index (Phi) is 6.80. The quantitative estimate of drug-likeness (QED) is 0.380. The van der Waals surface area contributed by atoms with Crippen LogP contribution in [0.2, 0.25) is 0 Å². The molecule has 2 N–H and O–H groups in total. The number of nitrogens with one attached hydrogen (secondary N) is 1. The number of para-hydroxylation sites is 3. The number of aliphatic hydroxyl groups is 1. The first-order valence-electron chi connectivity index (χ1n) is 10.3. The lowest BCUT2D eigenvalue weighted by Gasteiger charge is -2.27. The molecule has 0 saturated heterocycles. The third-order valence-electron chi connectivity index (χ3n) is 5.05. The molecule has 0 fully saturated rings. The fraction of sp³-hybridized carbons (Fsp3) is 0.304. The van der Waals surface area contributed by atoms with Crippen LogP contribution >= 0.6 is 0 Å². The van der Waals surface area contributed by atoms with Gasteiger partial charge in [0.1, 0.15) is 0 Å². The predicted molar refractivity (Wildman–Crippen MR) is 124 cm³/mol. The lowest BCUT2D eigenvalue weighted by atomic mass is 9.95. The van der Waals surface area contributed by atoms with Gasteiger partial charge in [-0.3, -0.25) is 4.72 Å². The van der Waals surface area contributed by atoms with Crippen molar-refractivity contribution in [2.75, 3.05) is 24.2 Å². The second-order valence-corrected chi connectivity index (χ2v) is 9.12. The maximum atomic E-state index is 13.0. The minimum absolute atomic E-state index is 0.0773. The molecule has 0 aliphatic heterocycles. The van der Waals surface area contributed by atoms with Crippen molar-refractivity contribution in [3.63, 3.8) is 0 Å². The number of ether oxygens (including phenoxy) is 2. The summed E-state index contributed by atoms with van der Waals surface area (Å²) in [4.78, 5) is 26.0. The SMILES string of the molecule is CCOC(=O)C(O)(C(=O)OCC)c1c(C)c2ccccc2n1-c1ccccc1NS(C)(=O)=O. The van der Waals surface area contributed by atoms with Crippen LogP contribution in [0.5, 0.6) is 0 Å². The largest absolute Gasteiger partial charge is 0.463 e. The van der Waals surface area contributed by atoms with Gasteiger partial charge in [0.25, 0.3) is 0 Å². The molecule has 3 aromatic rings. The van der Waals surface area contributed by atoms with Crippen LogP contribution in [0, 0.1) is 6.92 Å². The minimum Gasteiger partial charge on any atom is -0.463 e. The van der Waals surface area contributed by atoms with E-state index in [-0.39, 0.29) is 24.6 Å². The van der Waals surface area contributed by atoms with Crippen molar-refractivity contribution < 1.29 is 32.6 Å². The van der Waals surface area contributed by atoms with Crippen molar-refractivity contribution >= 4 is 38.6 Å². The average Bonchev–Trinajstić information content (AvgIpc) is 3.05. The van der Waals surface area contributed by atoms with Gasteiger partial charge in [-0.05, 0) is 44.5 Å². The number of fused-ring (bicyclic) bond motifs is 1. The first-order chi connectivity index (χ1) is 15.6. The molecule has 0 saturated carbocycles. The zero-order valence-corrected chi connectivity index (χ0v) is 19.6. The number of carbonyl (C=O) groups excluding carboxylic acids is 2. The first kappa shape index (κ1) is 24.3. The summed E-state index contributed by atoms with van der Waals surface area (Å²) in [5.41, 5.74) is -1.43. The zero-order chi connectivity index (χ0) is 24.4. The van der Waals surface area contributed by atoms with E-state index in [0.29, 0.717) is 22.2 Å². The Morgan fingerprint density at radius 1 is 1.00 bits per heavy atom. The van der Waals surface area contributed by atoms with Crippen molar-refractivity contribution in [1.29, 1.82) is 0 Å². The molecule has 1 aromatic heterocycles. The highest BCUT2D eigenvalue weighted by Gasteiger charge is 2.53. The lowest BCUT2D eigenvalue weighted by Crippen LogP contribution is -2.48. The summed E-state index contributed by atoms with van der Waals surface area (Å²) in [7, 11) is -3.66. The van der Waals surface area contributed by atoms with Gasteiger partial charge in [0.2, 0.25) is 10.0 Å². The molecule has 9 nitrogen and oxygen atoms in total. The number of esters is 2. The maximum absolute atomic E-state index is 13.0. The highest BCUT2D eigenvalue weighted by Crippen LogP contribution is 2.39. The van der Waals surface area contributed by atoms with Gasteiger partial charge in [-0.1, -0.05) is 30.3 Å². The molecule has 0 unspecified atom stereocenters. The number of rotatable bonds is 8. The Bertz CT molecular complexity index is 1290. The summed E-state index contributed by atoms with van der Waals surface area (Å²) >= 11 is 0. The molecule has 0 aliphatic rings. The van der Waals surface area contributed by atoms with E-state index in [0.717, 1.165) is 6.26 Å². The van der Waals surface area contributed by atoms with E-state index in [1.165, 1.54) is 10.6 Å². The molecule has 33 heavy (non-hydrogen) atoms. The lowest BCUT2D eigenvalue weighted by molar-refractivity contribution is -0.185. The number of nitrogens with zero attached hydrogens (tertiary/aromatic N) is 1. The van der Waals surface area contributed by atoms with Crippen molar-refractivity contribution in [3.05, 3.63) is 59.8 Å². The third-order valence-corrected chi connectivity index (χ3v) is 5.64. The molecular weight excluding hydrogens is 448 g/mol. The van der Waals surface area contributed by atoms with E-state index in [1.807, 2.05) is 0 Å². The van der Waals surface area contributed by atoms with E-state index < -0.39 is 27.6 Å². The number of aromatic nitrogens is 1. The highest BCUT2D eigenvalue weighted by atomic mass is 32.2. The summed E-state index contributed by atoms with van der Waals surface area (Å²) < 4.78 is 38.1. The molecule has 0 bridgehead atoms. The standard InChI is InChI=1S/C23H26N2O7S/c1-5-31-21(26)23(28,22(27)32-6-2)20-15(3)16-11-7-9-13-18(16)25(20)19-14-10-8-12-17(19)24-33(4,29)30/h7-14,24,28H,5-6H2,1-4H3. The van der Waals surface area contributed by atoms with Gasteiger partial charge >= 0.3 is 17.5 Å². The smallest absolute Gasteiger partial charge is 0.356 e. The number of sulfonamides is 1. The van der Waals surface area contributed by atoms with Gasteiger partial charge in [0.15, 0.2) is 0 Å². The van der Waals surface area contributed by atoms with Gasteiger partial charge < -0.3 is 19.1 Å². The molecule has 0 amide bonds. The van der Waals surface area contributed by atoms with Crippen LogP contribution in [-0.4, -0.2) is 49.5 Å². The molecule has 176 valence electrons. The Hall–Kier alpha value is -3.37. The first-order valence-corrected chi connectivity index (χ1v) is 12.2. The van der Waals surface area contributed by atoms with E-state index in [1.54, 1.807) is 63.2 Å². The monoisotopic (exact) mass is 474 g/mol. The van der Waals surface area contributed by atoms with Crippen LogP contribution in [0.4, 0.5) is 5.69 Å². The van der Waals surface area contributed by atoms with Crippen LogP contribution in [0.15, 0.2) is 48.5 Å². The van der Waals surface area contributed by atoms with Crippen molar-refractivity contribution in [1.82, 2.24) is 4.57 Å². The molecule has 10 heteroatoms. The van der Waals surface area contributed by atoms with Gasteiger partial charge in [-0.2, -0.15) is 0 Å². The van der Waals surface area contributed by atoms with Gasteiger partial charge in [-0.15, -0.1) is 0 Å². The van der Waals surface area contributed by atoms with Crippen LogP contribution in [-0.2, 0) is 34.7 Å². The fourth-order valence-corrected chi connectivity index (χ4v) is 4.36. The molecule has 3 rings (SSSR count). The summed E-state index contributed by atoms with van der Waals surface area (Å²) in [6.45, 7) is 4.61. The molecule has 2 aromatic carbocycles. The minimum atomic E-state index is -3.66.